The lowest BCUT2D eigenvalue weighted by Gasteiger charge is -2.38. The molecule has 3 heterocycles. The van der Waals surface area contributed by atoms with Crippen molar-refractivity contribution in [3.05, 3.63) is 82.6 Å². The van der Waals surface area contributed by atoms with Gasteiger partial charge in [0.05, 0.1) is 23.2 Å². The summed E-state index contributed by atoms with van der Waals surface area (Å²) in [7, 11) is -2.97. The number of anilines is 1. The zero-order chi connectivity index (χ0) is 29.4. The Morgan fingerprint density at radius 3 is 2.49 bits per heavy atom. The Morgan fingerprint density at radius 1 is 1.10 bits per heavy atom. The van der Waals surface area contributed by atoms with Gasteiger partial charge in [-0.15, -0.1) is 0 Å². The minimum absolute atomic E-state index is 0.00295. The van der Waals surface area contributed by atoms with Gasteiger partial charge in [0, 0.05) is 61.8 Å². The van der Waals surface area contributed by atoms with Crippen molar-refractivity contribution in [1.82, 2.24) is 14.6 Å². The number of aromatic nitrogens is 1. The quantitative estimate of drug-likeness (QED) is 0.409. The molecular weight excluding hydrogens is 581 g/mol. The Kier molecular flexibility index (Phi) is 8.18. The molecule has 0 saturated carbocycles. The number of amides is 1. The number of hydrogen-bond acceptors (Lipinski definition) is 6. The molecule has 2 aliphatic rings. The van der Waals surface area contributed by atoms with Crippen LogP contribution in [0.5, 0.6) is 5.75 Å². The minimum Gasteiger partial charge on any atom is -0.493 e. The number of carbonyl (C=O) groups excluding carboxylic acids is 1. The van der Waals surface area contributed by atoms with Crippen LogP contribution >= 0.6 is 11.6 Å². The van der Waals surface area contributed by atoms with Gasteiger partial charge in [0.15, 0.2) is 0 Å². The molecule has 2 aromatic carbocycles. The minimum atomic E-state index is -4.93. The number of fused-ring (bicyclic) bond motifs is 1. The fraction of sp³-hybridized carbons (Fsp3) is 0.357. The van der Waals surface area contributed by atoms with E-state index in [2.05, 4.69) is 14.6 Å². The molecule has 1 unspecified atom stereocenters. The Hall–Kier alpha value is -3.35. The molecule has 218 valence electrons. The van der Waals surface area contributed by atoms with Gasteiger partial charge in [-0.25, -0.2) is 13.1 Å². The second-order valence-electron chi connectivity index (χ2n) is 10.0. The largest absolute Gasteiger partial charge is 0.493 e. The summed E-state index contributed by atoms with van der Waals surface area (Å²) in [5.41, 5.74) is 0.415. The third-order valence-electron chi connectivity index (χ3n) is 7.50. The lowest BCUT2D eigenvalue weighted by atomic mass is 9.97. The second-order valence-corrected chi connectivity index (χ2v) is 12.1. The van der Waals surface area contributed by atoms with E-state index in [0.717, 1.165) is 43.8 Å². The maximum atomic E-state index is 13.6. The molecule has 0 aliphatic carbocycles. The highest BCUT2D eigenvalue weighted by Crippen LogP contribution is 2.40. The third-order valence-corrected chi connectivity index (χ3v) is 9.49. The van der Waals surface area contributed by atoms with E-state index < -0.39 is 37.7 Å². The first kappa shape index (κ1) is 29.2. The number of hydrogen-bond donors (Lipinski definition) is 1. The van der Waals surface area contributed by atoms with Gasteiger partial charge >= 0.3 is 6.18 Å². The van der Waals surface area contributed by atoms with Crippen molar-refractivity contribution in [3.8, 4) is 5.75 Å². The molecule has 1 N–H and O–H groups in total. The van der Waals surface area contributed by atoms with Crippen molar-refractivity contribution in [3.63, 3.8) is 0 Å². The first-order valence-electron chi connectivity index (χ1n) is 13.0. The molecule has 1 atom stereocenters. The summed E-state index contributed by atoms with van der Waals surface area (Å²) < 4.78 is 75.4. The van der Waals surface area contributed by atoms with Crippen molar-refractivity contribution in [2.75, 3.05) is 31.6 Å². The van der Waals surface area contributed by atoms with Crippen molar-refractivity contribution in [2.24, 2.45) is 0 Å². The molecule has 1 aromatic heterocycles. The van der Waals surface area contributed by atoms with Crippen LogP contribution in [-0.2, 0) is 16.2 Å². The summed E-state index contributed by atoms with van der Waals surface area (Å²) in [6.07, 6.45) is 0.239. The maximum absolute atomic E-state index is 13.6. The van der Waals surface area contributed by atoms with Gasteiger partial charge in [0.1, 0.15) is 10.6 Å². The second kappa shape index (κ2) is 11.5. The molecule has 1 amide bonds. The number of alkyl halides is 3. The SMILES string of the molecule is CN(C(=O)c1ccc2c(c1)C(NS(=O)(=O)c1c(Cl)cccc1C(F)(F)F)CCO2)C1CCN(c2ccncc2)CC1. The van der Waals surface area contributed by atoms with Gasteiger partial charge in [0.25, 0.3) is 5.91 Å². The Balaban J connectivity index is 1.34. The van der Waals surface area contributed by atoms with Crippen molar-refractivity contribution in [2.45, 2.75) is 42.4 Å². The van der Waals surface area contributed by atoms with E-state index in [1.165, 1.54) is 0 Å². The molecule has 41 heavy (non-hydrogen) atoms. The standard InChI is InChI=1S/C28H28ClF3N4O4S/c1-35(19-9-14-36(15-10-19)20-7-12-33-13-8-20)27(37)18-5-6-25-21(17-18)24(11-16-40-25)34-41(38,39)26-22(28(30,31)32)3-2-4-23(26)29/h2-8,12-13,17,19,24,34H,9-11,14-16H2,1H3. The van der Waals surface area contributed by atoms with E-state index in [9.17, 15) is 26.4 Å². The first-order chi connectivity index (χ1) is 19.5. The molecule has 5 rings (SSSR count). The van der Waals surface area contributed by atoms with Crippen LogP contribution in [0.4, 0.5) is 18.9 Å². The summed E-state index contributed by atoms with van der Waals surface area (Å²) in [4.78, 5) is 20.4. The molecule has 1 fully saturated rings. The van der Waals surface area contributed by atoms with E-state index >= 15 is 0 Å². The molecular formula is C28H28ClF3N4O4S. The topological polar surface area (TPSA) is 91.8 Å². The van der Waals surface area contributed by atoms with Gasteiger partial charge < -0.3 is 14.5 Å². The number of sulfonamides is 1. The van der Waals surface area contributed by atoms with Crippen LogP contribution in [0.25, 0.3) is 0 Å². The molecule has 0 bridgehead atoms. The zero-order valence-electron chi connectivity index (χ0n) is 22.1. The number of nitrogens with zero attached hydrogens (tertiary/aromatic N) is 3. The van der Waals surface area contributed by atoms with Crippen LogP contribution in [0.3, 0.4) is 0 Å². The van der Waals surface area contributed by atoms with Crippen LogP contribution in [0.1, 0.15) is 46.8 Å². The van der Waals surface area contributed by atoms with E-state index in [4.69, 9.17) is 16.3 Å². The number of rotatable bonds is 6. The molecule has 3 aromatic rings. The van der Waals surface area contributed by atoms with Gasteiger partial charge in [0.2, 0.25) is 10.0 Å². The number of halogens is 4. The number of pyridine rings is 1. The van der Waals surface area contributed by atoms with Crippen LogP contribution in [-0.4, -0.2) is 57.0 Å². The first-order valence-corrected chi connectivity index (χ1v) is 14.9. The van der Waals surface area contributed by atoms with Crippen LogP contribution in [0.15, 0.2) is 65.8 Å². The van der Waals surface area contributed by atoms with Crippen LogP contribution in [0, 0.1) is 0 Å². The number of piperidine rings is 1. The van der Waals surface area contributed by atoms with Crippen molar-refractivity contribution < 1.29 is 31.1 Å². The Morgan fingerprint density at radius 2 is 1.80 bits per heavy atom. The zero-order valence-corrected chi connectivity index (χ0v) is 23.6. The van der Waals surface area contributed by atoms with Gasteiger partial charge in [-0.2, -0.15) is 13.2 Å². The summed E-state index contributed by atoms with van der Waals surface area (Å²) >= 11 is 5.96. The number of ether oxygens (including phenoxy) is 1. The van der Waals surface area contributed by atoms with Crippen LogP contribution < -0.4 is 14.4 Å². The number of benzene rings is 2. The van der Waals surface area contributed by atoms with Gasteiger partial charge in [-0.3, -0.25) is 9.78 Å². The lowest BCUT2D eigenvalue weighted by Crippen LogP contribution is -2.45. The fourth-order valence-corrected chi connectivity index (χ4v) is 7.35. The van der Waals surface area contributed by atoms with Gasteiger partial charge in [-0.1, -0.05) is 17.7 Å². The van der Waals surface area contributed by atoms with E-state index in [1.54, 1.807) is 42.5 Å². The molecule has 1 saturated heterocycles. The molecule has 13 heteroatoms. The Bertz CT molecular complexity index is 1530. The average Bonchev–Trinajstić information content (AvgIpc) is 2.96. The summed E-state index contributed by atoms with van der Waals surface area (Å²) in [6, 6.07) is 10.5. The fourth-order valence-electron chi connectivity index (χ4n) is 5.34. The molecule has 8 nitrogen and oxygen atoms in total. The highest BCUT2D eigenvalue weighted by molar-refractivity contribution is 7.89. The smallest absolute Gasteiger partial charge is 0.417 e. The summed E-state index contributed by atoms with van der Waals surface area (Å²) in [5.74, 6) is 0.108. The average molecular weight is 609 g/mol. The predicted molar refractivity (Wildman–Crippen MR) is 148 cm³/mol. The molecule has 0 radical (unpaired) electrons. The van der Waals surface area contributed by atoms with E-state index in [0.29, 0.717) is 22.9 Å². The van der Waals surface area contributed by atoms with Crippen LogP contribution in [0.2, 0.25) is 5.02 Å². The van der Waals surface area contributed by atoms with Gasteiger partial charge in [-0.05, 0) is 55.3 Å². The predicted octanol–water partition coefficient (Wildman–Crippen LogP) is 5.30. The number of nitrogens with one attached hydrogen (secondary N) is 1. The normalized spacial score (nSPS) is 18.0. The lowest BCUT2D eigenvalue weighted by molar-refractivity contribution is -0.139. The summed E-state index contributed by atoms with van der Waals surface area (Å²) in [5, 5.41) is -0.542. The summed E-state index contributed by atoms with van der Waals surface area (Å²) in [6.45, 7) is 1.68. The highest BCUT2D eigenvalue weighted by atomic mass is 35.5. The van der Waals surface area contributed by atoms with Crippen molar-refractivity contribution in [1.29, 1.82) is 0 Å². The highest BCUT2D eigenvalue weighted by Gasteiger charge is 2.40. The van der Waals surface area contributed by atoms with E-state index in [1.807, 2.05) is 12.1 Å². The van der Waals surface area contributed by atoms with E-state index in [-0.39, 0.29) is 25.0 Å². The van der Waals surface area contributed by atoms with Crippen molar-refractivity contribution >= 4 is 33.2 Å². The number of carbonyl (C=O) groups is 1. The monoisotopic (exact) mass is 608 g/mol. The Labute approximate surface area is 241 Å². The molecule has 0 spiro atoms. The maximum Gasteiger partial charge on any atom is 0.417 e. The third kappa shape index (κ3) is 6.14. The molecule has 2 aliphatic heterocycles.